The number of hydrogen-bond acceptors (Lipinski definition) is 7. The van der Waals surface area contributed by atoms with Crippen molar-refractivity contribution >= 4 is 18.0 Å². The van der Waals surface area contributed by atoms with Crippen molar-refractivity contribution in [1.82, 2.24) is 19.9 Å². The van der Waals surface area contributed by atoms with Crippen molar-refractivity contribution in [2.45, 2.75) is 91.3 Å². The fraction of sp³-hybridized carbons (Fsp3) is 0.773. The monoisotopic (exact) mass is 454 g/mol. The highest BCUT2D eigenvalue weighted by Gasteiger charge is 2.37. The molecule has 1 heterocycles. The van der Waals surface area contributed by atoms with Crippen LogP contribution in [0.25, 0.3) is 0 Å². The lowest BCUT2D eigenvalue weighted by Gasteiger charge is -2.34. The molecule has 0 saturated heterocycles. The molecule has 0 aliphatic rings. The second-order valence-electron chi connectivity index (χ2n) is 10.5. The smallest absolute Gasteiger partial charge is 0.410 e. The van der Waals surface area contributed by atoms with Crippen LogP contribution in [0.4, 0.5) is 4.79 Å². The second-order valence-corrected chi connectivity index (χ2v) is 10.5. The third-order valence-electron chi connectivity index (χ3n) is 4.71. The molecule has 0 spiro atoms. The summed E-state index contributed by atoms with van der Waals surface area (Å²) in [6, 6.07) is -2.11. The van der Waals surface area contributed by atoms with Crippen LogP contribution in [-0.4, -0.2) is 74.8 Å². The Morgan fingerprint density at radius 1 is 1.03 bits per heavy atom. The lowest BCUT2D eigenvalue weighted by Crippen LogP contribution is -2.54. The number of ether oxygens (including phenoxy) is 1. The van der Waals surface area contributed by atoms with Gasteiger partial charge in [-0.3, -0.25) is 9.69 Å². The maximum atomic E-state index is 13.3. The summed E-state index contributed by atoms with van der Waals surface area (Å²) in [5.74, 6) is -1.04. The van der Waals surface area contributed by atoms with Gasteiger partial charge in [-0.2, -0.15) is 4.98 Å². The minimum Gasteiger partial charge on any atom is -0.480 e. The topological polar surface area (TPSA) is 126 Å². The van der Waals surface area contributed by atoms with Crippen molar-refractivity contribution < 1.29 is 28.8 Å². The van der Waals surface area contributed by atoms with Gasteiger partial charge >= 0.3 is 12.1 Å². The van der Waals surface area contributed by atoms with E-state index in [0.29, 0.717) is 12.3 Å². The first-order valence-electron chi connectivity index (χ1n) is 10.7. The Bertz CT molecular complexity index is 806. The maximum absolute atomic E-state index is 13.3. The molecule has 0 aromatic carbocycles. The lowest BCUT2D eigenvalue weighted by atomic mass is 9.97. The molecule has 10 nitrogen and oxygen atoms in total. The molecule has 0 aliphatic heterocycles. The number of carbonyl (C=O) groups is 3. The van der Waals surface area contributed by atoms with E-state index in [1.54, 1.807) is 20.8 Å². The summed E-state index contributed by atoms with van der Waals surface area (Å²) >= 11 is 0. The van der Waals surface area contributed by atoms with Crippen molar-refractivity contribution in [3.05, 3.63) is 11.7 Å². The number of hydrogen-bond donors (Lipinski definition) is 1. The molecule has 0 fully saturated rings. The Morgan fingerprint density at radius 3 is 2.00 bits per heavy atom. The van der Waals surface area contributed by atoms with Crippen LogP contribution in [0.15, 0.2) is 4.52 Å². The van der Waals surface area contributed by atoms with E-state index in [1.165, 1.54) is 19.0 Å². The number of aromatic nitrogens is 2. The van der Waals surface area contributed by atoms with Gasteiger partial charge in [-0.25, -0.2) is 9.59 Å². The Labute approximate surface area is 190 Å². The normalized spacial score (nSPS) is 14.1. The van der Waals surface area contributed by atoms with Crippen LogP contribution in [0.3, 0.4) is 0 Å². The zero-order valence-corrected chi connectivity index (χ0v) is 20.9. The van der Waals surface area contributed by atoms with Crippen LogP contribution in [0.2, 0.25) is 0 Å². The summed E-state index contributed by atoms with van der Waals surface area (Å²) in [5.41, 5.74) is -1.11. The first-order valence-corrected chi connectivity index (χ1v) is 10.7. The van der Waals surface area contributed by atoms with E-state index in [0.717, 1.165) is 4.90 Å². The standard InChI is InChI=1S/C22H38N4O6/c1-13(2)11-14(26(10)20(30)31-22(6,7)8)17(27)25(9)15(18(28)29)12-16-23-19(32-24-16)21(3,4)5/h13-15H,11-12H2,1-10H3,(H,28,29). The van der Waals surface area contributed by atoms with Gasteiger partial charge in [-0.15, -0.1) is 0 Å². The molecule has 0 saturated carbocycles. The van der Waals surface area contributed by atoms with Gasteiger partial charge < -0.3 is 19.3 Å². The first kappa shape index (κ1) is 27.4. The SMILES string of the molecule is CC(C)CC(C(=O)N(C)C(Cc1noc(C(C)(C)C)n1)C(=O)O)N(C)C(=O)OC(C)(C)C. The van der Waals surface area contributed by atoms with Gasteiger partial charge in [0.05, 0.1) is 0 Å². The van der Waals surface area contributed by atoms with Crippen molar-refractivity contribution in [2.75, 3.05) is 14.1 Å². The van der Waals surface area contributed by atoms with Gasteiger partial charge in [0.2, 0.25) is 11.8 Å². The van der Waals surface area contributed by atoms with Gasteiger partial charge in [0.15, 0.2) is 5.82 Å². The number of carboxylic acids is 1. The van der Waals surface area contributed by atoms with Crippen molar-refractivity contribution in [2.24, 2.45) is 5.92 Å². The van der Waals surface area contributed by atoms with Crippen LogP contribution < -0.4 is 0 Å². The zero-order chi connectivity index (χ0) is 25.0. The lowest BCUT2D eigenvalue weighted by molar-refractivity contribution is -0.151. The van der Waals surface area contributed by atoms with E-state index >= 15 is 0 Å². The van der Waals surface area contributed by atoms with E-state index in [2.05, 4.69) is 10.1 Å². The molecule has 1 rings (SSSR count). The molecule has 2 atom stereocenters. The van der Waals surface area contributed by atoms with E-state index < -0.39 is 35.7 Å². The highest BCUT2D eigenvalue weighted by molar-refractivity contribution is 5.89. The number of carboxylic acid groups (broad SMARTS) is 1. The summed E-state index contributed by atoms with van der Waals surface area (Å²) in [6.45, 7) is 14.8. The molecular weight excluding hydrogens is 416 g/mol. The summed E-state index contributed by atoms with van der Waals surface area (Å²) in [5, 5.41) is 13.7. The average molecular weight is 455 g/mol. The number of nitrogens with zero attached hydrogens (tertiary/aromatic N) is 4. The summed E-state index contributed by atoms with van der Waals surface area (Å²) < 4.78 is 10.6. The van der Waals surface area contributed by atoms with Crippen molar-refractivity contribution in [3.63, 3.8) is 0 Å². The first-order chi connectivity index (χ1) is 14.4. The minimum atomic E-state index is -1.23. The van der Waals surface area contributed by atoms with Crippen molar-refractivity contribution in [3.8, 4) is 0 Å². The van der Waals surface area contributed by atoms with Gasteiger partial charge in [0.1, 0.15) is 17.7 Å². The number of aliphatic carboxylic acids is 1. The van der Waals surface area contributed by atoms with E-state index in [-0.39, 0.29) is 23.6 Å². The molecule has 0 bridgehead atoms. The van der Waals surface area contributed by atoms with E-state index in [1.807, 2.05) is 34.6 Å². The third kappa shape index (κ3) is 7.80. The molecule has 2 amide bonds. The largest absolute Gasteiger partial charge is 0.480 e. The van der Waals surface area contributed by atoms with Gasteiger partial charge in [0, 0.05) is 25.9 Å². The minimum absolute atomic E-state index is 0.0806. The van der Waals surface area contributed by atoms with E-state index in [4.69, 9.17) is 9.26 Å². The summed E-state index contributed by atoms with van der Waals surface area (Å²) in [6.07, 6.45) is -0.423. The van der Waals surface area contributed by atoms with Gasteiger partial charge in [0.25, 0.3) is 0 Å². The van der Waals surface area contributed by atoms with Gasteiger partial charge in [-0.1, -0.05) is 39.8 Å². The molecule has 1 aromatic rings. The van der Waals surface area contributed by atoms with Gasteiger partial charge in [-0.05, 0) is 33.1 Å². The quantitative estimate of drug-likeness (QED) is 0.635. The van der Waals surface area contributed by atoms with Crippen molar-refractivity contribution in [1.29, 1.82) is 0 Å². The Balaban J connectivity index is 3.13. The van der Waals surface area contributed by atoms with Crippen LogP contribution in [-0.2, 0) is 26.2 Å². The number of likely N-dealkylation sites (N-methyl/N-ethyl adjacent to an activating group) is 2. The number of carbonyl (C=O) groups excluding carboxylic acids is 2. The van der Waals surface area contributed by atoms with Crippen LogP contribution in [0.5, 0.6) is 0 Å². The highest BCUT2D eigenvalue weighted by atomic mass is 16.6. The molecule has 1 aromatic heterocycles. The third-order valence-corrected chi connectivity index (χ3v) is 4.71. The molecule has 0 radical (unpaired) electrons. The zero-order valence-electron chi connectivity index (χ0n) is 20.9. The molecule has 182 valence electrons. The number of amides is 2. The Hall–Kier alpha value is -2.65. The fourth-order valence-corrected chi connectivity index (χ4v) is 2.93. The molecule has 10 heteroatoms. The molecule has 32 heavy (non-hydrogen) atoms. The number of rotatable bonds is 8. The van der Waals surface area contributed by atoms with E-state index in [9.17, 15) is 19.5 Å². The highest BCUT2D eigenvalue weighted by Crippen LogP contribution is 2.21. The van der Waals surface area contributed by atoms with Crippen LogP contribution in [0, 0.1) is 5.92 Å². The molecule has 0 aliphatic carbocycles. The fourth-order valence-electron chi connectivity index (χ4n) is 2.93. The van der Waals surface area contributed by atoms with Crippen LogP contribution >= 0.6 is 0 Å². The second kappa shape index (κ2) is 10.3. The molecule has 2 unspecified atom stereocenters. The molecular formula is C22H38N4O6. The Kier molecular flexibility index (Phi) is 8.82. The van der Waals surface area contributed by atoms with Crippen LogP contribution in [0.1, 0.15) is 73.5 Å². The summed E-state index contributed by atoms with van der Waals surface area (Å²) in [4.78, 5) is 44.6. The Morgan fingerprint density at radius 2 is 1.59 bits per heavy atom. The summed E-state index contributed by atoms with van der Waals surface area (Å²) in [7, 11) is 2.89. The predicted octanol–water partition coefficient (Wildman–Crippen LogP) is 3.10. The maximum Gasteiger partial charge on any atom is 0.410 e. The predicted molar refractivity (Wildman–Crippen MR) is 118 cm³/mol. The average Bonchev–Trinajstić information content (AvgIpc) is 3.09. The molecule has 1 N–H and O–H groups in total.